The molecule has 126 valence electrons. The maximum absolute atomic E-state index is 13.3. The number of rotatable bonds is 4. The fraction of sp³-hybridized carbons (Fsp3) is 0.333. The van der Waals surface area contributed by atoms with Crippen molar-refractivity contribution in [2.45, 2.75) is 32.7 Å². The predicted molar refractivity (Wildman–Crippen MR) is 91.1 cm³/mol. The summed E-state index contributed by atoms with van der Waals surface area (Å²) in [5.74, 6) is 1.01. The number of anilines is 1. The van der Waals surface area contributed by atoms with Crippen LogP contribution in [0.1, 0.15) is 32.2 Å². The van der Waals surface area contributed by atoms with Crippen LogP contribution in [0.2, 0.25) is 0 Å². The second kappa shape index (κ2) is 6.11. The van der Waals surface area contributed by atoms with Crippen LogP contribution >= 0.6 is 0 Å². The minimum atomic E-state index is -0.310. The van der Waals surface area contributed by atoms with Crippen LogP contribution in [-0.4, -0.2) is 14.8 Å². The van der Waals surface area contributed by atoms with E-state index in [1.54, 1.807) is 18.4 Å². The molecule has 24 heavy (non-hydrogen) atoms. The van der Waals surface area contributed by atoms with Gasteiger partial charge in [-0.3, -0.25) is 4.68 Å². The smallest absolute Gasteiger partial charge is 0.226 e. The van der Waals surface area contributed by atoms with E-state index < -0.39 is 0 Å². The van der Waals surface area contributed by atoms with Crippen molar-refractivity contribution in [2.24, 2.45) is 7.05 Å². The largest absolute Gasteiger partial charge is 0.444 e. The minimum absolute atomic E-state index is 0.00384. The normalized spacial score (nSPS) is 11.7. The Labute approximate surface area is 140 Å². The third-order valence-electron chi connectivity index (χ3n) is 3.72. The van der Waals surface area contributed by atoms with Gasteiger partial charge < -0.3 is 9.73 Å². The van der Waals surface area contributed by atoms with Crippen LogP contribution in [-0.2, 0) is 19.0 Å². The summed E-state index contributed by atoms with van der Waals surface area (Å²) >= 11 is 0. The Kier molecular flexibility index (Phi) is 4.13. The molecule has 0 saturated carbocycles. The lowest BCUT2D eigenvalue weighted by atomic mass is 9.92. The second-order valence-electron chi connectivity index (χ2n) is 6.80. The Balaban J connectivity index is 1.71. The molecule has 5 nitrogen and oxygen atoms in total. The SMILES string of the molecule is Cn1nc(C(C)(C)C)cc1NCc1coc(-c2cccc(F)c2)n1. The summed E-state index contributed by atoms with van der Waals surface area (Å²) < 4.78 is 20.5. The molecule has 0 aliphatic heterocycles. The number of hydrogen-bond acceptors (Lipinski definition) is 4. The Morgan fingerprint density at radius 2 is 2.04 bits per heavy atom. The van der Waals surface area contributed by atoms with Crippen molar-refractivity contribution < 1.29 is 8.81 Å². The first-order valence-electron chi connectivity index (χ1n) is 7.81. The zero-order chi connectivity index (χ0) is 17.3. The summed E-state index contributed by atoms with van der Waals surface area (Å²) in [6.45, 7) is 6.88. The summed E-state index contributed by atoms with van der Waals surface area (Å²) in [5.41, 5.74) is 2.38. The van der Waals surface area contributed by atoms with Gasteiger partial charge in [0.25, 0.3) is 0 Å². The van der Waals surface area contributed by atoms with E-state index in [-0.39, 0.29) is 11.2 Å². The first-order chi connectivity index (χ1) is 11.3. The molecule has 0 spiro atoms. The molecule has 0 aliphatic carbocycles. The molecule has 0 atom stereocenters. The van der Waals surface area contributed by atoms with Crippen molar-refractivity contribution in [2.75, 3.05) is 5.32 Å². The van der Waals surface area contributed by atoms with Gasteiger partial charge in [0, 0.05) is 24.1 Å². The van der Waals surface area contributed by atoms with Crippen LogP contribution < -0.4 is 5.32 Å². The molecule has 2 aromatic heterocycles. The molecule has 0 fully saturated rings. The van der Waals surface area contributed by atoms with Crippen molar-refractivity contribution in [3.05, 3.63) is 53.8 Å². The summed E-state index contributed by atoms with van der Waals surface area (Å²) in [6.07, 6.45) is 1.58. The molecule has 0 unspecified atom stereocenters. The third kappa shape index (κ3) is 3.48. The van der Waals surface area contributed by atoms with E-state index in [0.29, 0.717) is 18.0 Å². The topological polar surface area (TPSA) is 55.9 Å². The fourth-order valence-corrected chi connectivity index (χ4v) is 2.32. The van der Waals surface area contributed by atoms with Crippen LogP contribution in [0.25, 0.3) is 11.5 Å². The molecule has 0 aliphatic rings. The highest BCUT2D eigenvalue weighted by Gasteiger charge is 2.19. The number of hydrogen-bond donors (Lipinski definition) is 1. The Morgan fingerprint density at radius 1 is 1.25 bits per heavy atom. The lowest BCUT2D eigenvalue weighted by Crippen LogP contribution is -2.12. The standard InChI is InChI=1S/C18H21FN4O/c1-18(2,3)15-9-16(23(4)22-15)20-10-14-11-24-17(21-14)12-6-5-7-13(19)8-12/h5-9,11,20H,10H2,1-4H3. The summed E-state index contributed by atoms with van der Waals surface area (Å²) in [5, 5.41) is 7.83. The van der Waals surface area contributed by atoms with Gasteiger partial charge in [-0.25, -0.2) is 9.37 Å². The van der Waals surface area contributed by atoms with Gasteiger partial charge in [-0.15, -0.1) is 0 Å². The van der Waals surface area contributed by atoms with Gasteiger partial charge in [0.05, 0.1) is 17.9 Å². The van der Waals surface area contributed by atoms with Crippen molar-refractivity contribution in [3.8, 4) is 11.5 Å². The second-order valence-corrected chi connectivity index (χ2v) is 6.80. The first-order valence-corrected chi connectivity index (χ1v) is 7.81. The van der Waals surface area contributed by atoms with E-state index in [1.165, 1.54) is 12.1 Å². The lowest BCUT2D eigenvalue weighted by Gasteiger charge is -2.13. The van der Waals surface area contributed by atoms with Gasteiger partial charge in [0.2, 0.25) is 5.89 Å². The van der Waals surface area contributed by atoms with Crippen LogP contribution in [0.3, 0.4) is 0 Å². The minimum Gasteiger partial charge on any atom is -0.444 e. The molecule has 0 amide bonds. The van der Waals surface area contributed by atoms with E-state index >= 15 is 0 Å². The third-order valence-corrected chi connectivity index (χ3v) is 3.72. The molecule has 0 bridgehead atoms. The maximum atomic E-state index is 13.3. The van der Waals surface area contributed by atoms with E-state index in [4.69, 9.17) is 4.42 Å². The zero-order valence-electron chi connectivity index (χ0n) is 14.3. The number of benzene rings is 1. The van der Waals surface area contributed by atoms with E-state index in [9.17, 15) is 4.39 Å². The molecule has 0 radical (unpaired) electrons. The Morgan fingerprint density at radius 3 is 2.71 bits per heavy atom. The molecular formula is C18H21FN4O. The van der Waals surface area contributed by atoms with E-state index in [1.807, 2.05) is 17.8 Å². The molecule has 2 heterocycles. The summed E-state index contributed by atoms with van der Waals surface area (Å²) in [7, 11) is 1.90. The highest BCUT2D eigenvalue weighted by Crippen LogP contribution is 2.24. The van der Waals surface area contributed by atoms with Crippen molar-refractivity contribution in [3.63, 3.8) is 0 Å². The Bertz CT molecular complexity index is 845. The number of aromatic nitrogens is 3. The van der Waals surface area contributed by atoms with Gasteiger partial charge in [-0.05, 0) is 18.2 Å². The number of halogens is 1. The molecule has 3 aromatic rings. The van der Waals surface area contributed by atoms with Crippen molar-refractivity contribution >= 4 is 5.82 Å². The number of oxazole rings is 1. The average Bonchev–Trinajstić information content (AvgIpc) is 3.11. The van der Waals surface area contributed by atoms with Gasteiger partial charge >= 0.3 is 0 Å². The van der Waals surface area contributed by atoms with Crippen LogP contribution in [0.4, 0.5) is 10.2 Å². The number of nitrogens with zero attached hydrogens (tertiary/aromatic N) is 3. The van der Waals surface area contributed by atoms with Gasteiger partial charge in [-0.2, -0.15) is 5.10 Å². The predicted octanol–water partition coefficient (Wildman–Crippen LogP) is 4.12. The Hall–Kier alpha value is -2.63. The molecule has 1 aromatic carbocycles. The summed E-state index contributed by atoms with van der Waals surface area (Å²) in [4.78, 5) is 4.40. The summed E-state index contributed by atoms with van der Waals surface area (Å²) in [6, 6.07) is 8.23. The molecule has 1 N–H and O–H groups in total. The molecular weight excluding hydrogens is 307 g/mol. The monoisotopic (exact) mass is 328 g/mol. The number of aryl methyl sites for hydroxylation is 1. The van der Waals surface area contributed by atoms with Crippen LogP contribution in [0.15, 0.2) is 41.0 Å². The maximum Gasteiger partial charge on any atom is 0.226 e. The van der Waals surface area contributed by atoms with Crippen LogP contribution in [0.5, 0.6) is 0 Å². The van der Waals surface area contributed by atoms with Crippen molar-refractivity contribution in [1.29, 1.82) is 0 Å². The molecule has 3 rings (SSSR count). The molecule has 6 heteroatoms. The lowest BCUT2D eigenvalue weighted by molar-refractivity contribution is 0.553. The van der Waals surface area contributed by atoms with Crippen LogP contribution in [0, 0.1) is 5.82 Å². The fourth-order valence-electron chi connectivity index (χ4n) is 2.32. The molecule has 0 saturated heterocycles. The van der Waals surface area contributed by atoms with E-state index in [2.05, 4.69) is 36.2 Å². The highest BCUT2D eigenvalue weighted by atomic mass is 19.1. The van der Waals surface area contributed by atoms with Gasteiger partial charge in [0.15, 0.2) is 0 Å². The average molecular weight is 328 g/mol. The first kappa shape index (κ1) is 16.2. The van der Waals surface area contributed by atoms with Gasteiger partial charge in [-0.1, -0.05) is 26.8 Å². The van der Waals surface area contributed by atoms with Gasteiger partial charge in [0.1, 0.15) is 17.9 Å². The van der Waals surface area contributed by atoms with Crippen molar-refractivity contribution in [1.82, 2.24) is 14.8 Å². The quantitative estimate of drug-likeness (QED) is 0.782. The van der Waals surface area contributed by atoms with E-state index in [0.717, 1.165) is 17.2 Å². The number of nitrogens with one attached hydrogen (secondary N) is 1. The highest BCUT2D eigenvalue weighted by molar-refractivity contribution is 5.53. The zero-order valence-corrected chi connectivity index (χ0v) is 14.3.